The molecule has 0 aliphatic carbocycles. The van der Waals surface area contributed by atoms with E-state index in [1.165, 1.54) is 0 Å². The molecule has 21 heavy (non-hydrogen) atoms. The van der Waals surface area contributed by atoms with Gasteiger partial charge >= 0.3 is 0 Å². The molecule has 2 aromatic rings. The molecule has 0 fully saturated rings. The van der Waals surface area contributed by atoms with Gasteiger partial charge in [-0.05, 0) is 24.6 Å². The molecule has 110 valence electrons. The molecule has 0 saturated carbocycles. The number of hydrogen-bond acceptors (Lipinski definition) is 2. The lowest BCUT2D eigenvalue weighted by molar-refractivity contribution is 0.0986. The number of hydrogen-bond donors (Lipinski definition) is 0. The molecule has 0 bridgehead atoms. The monoisotopic (exact) mass is 308 g/mol. The summed E-state index contributed by atoms with van der Waals surface area (Å²) in [5.74, 6) is -1.78. The van der Waals surface area contributed by atoms with Crippen LogP contribution in [0.15, 0.2) is 53.4 Å². The maximum atomic E-state index is 13.7. The van der Waals surface area contributed by atoms with Crippen molar-refractivity contribution in [1.29, 1.82) is 0 Å². The molecule has 0 aliphatic rings. The molecule has 0 heterocycles. The molecule has 2 atom stereocenters. The van der Waals surface area contributed by atoms with Crippen LogP contribution in [-0.2, 0) is 10.8 Å². The van der Waals surface area contributed by atoms with Gasteiger partial charge in [-0.25, -0.2) is 8.78 Å². The fourth-order valence-corrected chi connectivity index (χ4v) is 3.44. The average Bonchev–Trinajstić information content (AvgIpc) is 2.51. The summed E-state index contributed by atoms with van der Waals surface area (Å²) in [5.41, 5.74) is 0.412. The van der Waals surface area contributed by atoms with Gasteiger partial charge in [-0.15, -0.1) is 0 Å². The van der Waals surface area contributed by atoms with E-state index in [0.717, 1.165) is 18.2 Å². The molecular weight excluding hydrogens is 294 g/mol. The molecule has 5 heteroatoms. The van der Waals surface area contributed by atoms with Crippen molar-refractivity contribution in [3.63, 3.8) is 0 Å². The molecular formula is C16H14F2O2S. The first kappa shape index (κ1) is 15.5. The molecule has 2 unspecified atom stereocenters. The Morgan fingerprint density at radius 1 is 1.14 bits per heavy atom. The molecule has 0 radical (unpaired) electrons. The predicted octanol–water partition coefficient (Wildman–Crippen LogP) is 3.73. The molecule has 0 saturated heterocycles. The summed E-state index contributed by atoms with van der Waals surface area (Å²) < 4.78 is 39.4. The van der Waals surface area contributed by atoms with Crippen molar-refractivity contribution < 1.29 is 17.8 Å². The van der Waals surface area contributed by atoms with E-state index in [0.29, 0.717) is 5.56 Å². The second-order valence-electron chi connectivity index (χ2n) is 4.50. The third-order valence-electron chi connectivity index (χ3n) is 3.09. The van der Waals surface area contributed by atoms with E-state index in [1.54, 1.807) is 37.3 Å². The van der Waals surface area contributed by atoms with Crippen molar-refractivity contribution in [2.75, 3.05) is 0 Å². The number of Topliss-reactive ketones (excluding diaryl/α,β-unsaturated/α-hetero) is 1. The smallest absolute Gasteiger partial charge is 0.178 e. The molecule has 0 aliphatic heterocycles. The highest BCUT2D eigenvalue weighted by Gasteiger charge is 2.27. The highest BCUT2D eigenvalue weighted by Crippen LogP contribution is 2.21. The zero-order chi connectivity index (χ0) is 15.4. The summed E-state index contributed by atoms with van der Waals surface area (Å²) >= 11 is 0. The molecule has 0 aromatic heterocycles. The number of benzene rings is 2. The van der Waals surface area contributed by atoms with Gasteiger partial charge in [0.1, 0.15) is 16.9 Å². The zero-order valence-corrected chi connectivity index (χ0v) is 12.2. The van der Waals surface area contributed by atoms with Gasteiger partial charge in [-0.1, -0.05) is 37.3 Å². The fourth-order valence-electron chi connectivity index (χ4n) is 2.01. The Balaban J connectivity index is 2.35. The lowest BCUT2D eigenvalue weighted by Crippen LogP contribution is -2.26. The second kappa shape index (κ2) is 6.72. The van der Waals surface area contributed by atoms with Crippen molar-refractivity contribution in [2.45, 2.75) is 23.5 Å². The number of carbonyl (C=O) groups excluding carboxylic acids is 1. The Morgan fingerprint density at radius 3 is 2.43 bits per heavy atom. The summed E-state index contributed by atoms with van der Waals surface area (Å²) in [6.45, 7) is 1.70. The van der Waals surface area contributed by atoms with E-state index in [1.807, 2.05) is 0 Å². The van der Waals surface area contributed by atoms with Gasteiger partial charge in [0.15, 0.2) is 5.78 Å². The van der Waals surface area contributed by atoms with Crippen molar-refractivity contribution in [1.82, 2.24) is 0 Å². The normalized spacial score (nSPS) is 13.7. The van der Waals surface area contributed by atoms with Crippen molar-refractivity contribution in [3.05, 3.63) is 65.7 Å². The van der Waals surface area contributed by atoms with Crippen molar-refractivity contribution in [3.8, 4) is 0 Å². The first-order valence-electron chi connectivity index (χ1n) is 6.49. The van der Waals surface area contributed by atoms with E-state index in [-0.39, 0.29) is 17.1 Å². The third-order valence-corrected chi connectivity index (χ3v) is 4.90. The standard InChI is InChI=1S/C16H14F2O2S/c1-2-14(16(19)11-6-4-3-5-7-11)21(20)15-10-12(17)8-9-13(15)18/h3-10,14H,2H2,1H3. The first-order chi connectivity index (χ1) is 10.0. The molecule has 0 N–H and O–H groups in total. The van der Waals surface area contributed by atoms with E-state index >= 15 is 0 Å². The number of ketones is 1. The second-order valence-corrected chi connectivity index (χ2v) is 6.10. The topological polar surface area (TPSA) is 34.1 Å². The summed E-state index contributed by atoms with van der Waals surface area (Å²) in [5, 5.41) is -0.899. The molecule has 2 rings (SSSR count). The van der Waals surface area contributed by atoms with E-state index < -0.39 is 27.7 Å². The van der Waals surface area contributed by atoms with Gasteiger partial charge in [0.05, 0.1) is 15.7 Å². The maximum Gasteiger partial charge on any atom is 0.178 e. The Morgan fingerprint density at radius 2 is 1.81 bits per heavy atom. The van der Waals surface area contributed by atoms with Gasteiger partial charge in [0.2, 0.25) is 0 Å². The fraction of sp³-hybridized carbons (Fsp3) is 0.188. The molecule has 2 nitrogen and oxygen atoms in total. The van der Waals surface area contributed by atoms with Crippen molar-refractivity contribution >= 4 is 16.6 Å². The van der Waals surface area contributed by atoms with E-state index in [2.05, 4.69) is 0 Å². The Hall–Kier alpha value is -1.88. The SMILES string of the molecule is CCC(C(=O)c1ccccc1)S(=O)c1cc(F)ccc1F. The summed E-state index contributed by atoms with van der Waals surface area (Å²) in [6.07, 6.45) is 0.274. The van der Waals surface area contributed by atoms with E-state index in [9.17, 15) is 17.8 Å². The van der Waals surface area contributed by atoms with Crippen LogP contribution < -0.4 is 0 Å². The Kier molecular flexibility index (Phi) is 4.96. The highest BCUT2D eigenvalue weighted by atomic mass is 32.2. The van der Waals surface area contributed by atoms with Crippen LogP contribution in [0.2, 0.25) is 0 Å². The summed E-state index contributed by atoms with van der Waals surface area (Å²) in [4.78, 5) is 12.1. The number of halogens is 2. The zero-order valence-electron chi connectivity index (χ0n) is 11.4. The van der Waals surface area contributed by atoms with Crippen LogP contribution in [0.1, 0.15) is 23.7 Å². The van der Waals surface area contributed by atoms with Crippen molar-refractivity contribution in [2.24, 2.45) is 0 Å². The Labute approximate surface area is 124 Å². The lowest BCUT2D eigenvalue weighted by atomic mass is 10.1. The van der Waals surface area contributed by atoms with E-state index in [4.69, 9.17) is 0 Å². The minimum Gasteiger partial charge on any atom is -0.293 e. The number of rotatable bonds is 5. The van der Waals surface area contributed by atoms with Gasteiger partial charge in [0.25, 0.3) is 0 Å². The van der Waals surface area contributed by atoms with Crippen LogP contribution >= 0.6 is 0 Å². The van der Waals surface area contributed by atoms with Gasteiger partial charge < -0.3 is 0 Å². The quantitative estimate of drug-likeness (QED) is 0.789. The molecule has 2 aromatic carbocycles. The summed E-state index contributed by atoms with van der Waals surface area (Å²) in [6, 6.07) is 11.1. The first-order valence-corrected chi connectivity index (χ1v) is 7.70. The van der Waals surface area contributed by atoms with Gasteiger partial charge in [-0.2, -0.15) is 0 Å². The Bertz CT molecular complexity index is 671. The van der Waals surface area contributed by atoms with Gasteiger partial charge in [0, 0.05) is 5.56 Å². The minimum atomic E-state index is -1.94. The summed E-state index contributed by atoms with van der Waals surface area (Å²) in [7, 11) is -1.94. The van der Waals surface area contributed by atoms with Crippen LogP contribution in [0.5, 0.6) is 0 Å². The maximum absolute atomic E-state index is 13.7. The highest BCUT2D eigenvalue weighted by molar-refractivity contribution is 7.86. The van der Waals surface area contributed by atoms with Crippen LogP contribution in [0, 0.1) is 11.6 Å². The predicted molar refractivity (Wildman–Crippen MR) is 77.6 cm³/mol. The lowest BCUT2D eigenvalue weighted by Gasteiger charge is -2.14. The minimum absolute atomic E-state index is 0.272. The molecule has 0 spiro atoms. The largest absolute Gasteiger partial charge is 0.293 e. The molecule has 0 amide bonds. The number of carbonyl (C=O) groups is 1. The van der Waals surface area contributed by atoms with Crippen LogP contribution in [0.4, 0.5) is 8.78 Å². The third kappa shape index (κ3) is 3.42. The van der Waals surface area contributed by atoms with Crippen LogP contribution in [0.25, 0.3) is 0 Å². The average molecular weight is 308 g/mol. The van der Waals surface area contributed by atoms with Crippen LogP contribution in [0.3, 0.4) is 0 Å². The van der Waals surface area contributed by atoms with Gasteiger partial charge in [-0.3, -0.25) is 9.00 Å². The van der Waals surface area contributed by atoms with Crippen LogP contribution in [-0.4, -0.2) is 15.2 Å².